The SMILES string of the molecule is Cn1cc(C(=O)N2CCC(C(=O)c3ccccc3)CC2)c(-c2ccc(F)cc2F)n1. The van der Waals surface area contributed by atoms with Gasteiger partial charge in [0.1, 0.15) is 17.3 Å². The van der Waals surface area contributed by atoms with Crippen LogP contribution in [0.5, 0.6) is 0 Å². The van der Waals surface area contributed by atoms with Crippen molar-refractivity contribution in [3.8, 4) is 11.3 Å². The first-order valence-corrected chi connectivity index (χ1v) is 9.81. The molecule has 2 heterocycles. The largest absolute Gasteiger partial charge is 0.338 e. The van der Waals surface area contributed by atoms with E-state index in [0.717, 1.165) is 12.1 Å². The van der Waals surface area contributed by atoms with Gasteiger partial charge in [0.2, 0.25) is 0 Å². The minimum atomic E-state index is -0.769. The molecule has 4 rings (SSSR count). The van der Waals surface area contributed by atoms with Crippen LogP contribution in [-0.2, 0) is 7.05 Å². The Balaban J connectivity index is 1.51. The first kappa shape index (κ1) is 19.9. The third-order valence-electron chi connectivity index (χ3n) is 5.46. The van der Waals surface area contributed by atoms with Crippen molar-refractivity contribution in [2.75, 3.05) is 13.1 Å². The van der Waals surface area contributed by atoms with Crippen LogP contribution in [-0.4, -0.2) is 39.5 Å². The van der Waals surface area contributed by atoms with E-state index in [0.29, 0.717) is 31.5 Å². The van der Waals surface area contributed by atoms with Crippen LogP contribution in [0.15, 0.2) is 54.7 Å². The molecular weight excluding hydrogens is 388 g/mol. The minimum Gasteiger partial charge on any atom is -0.338 e. The molecule has 1 saturated heterocycles. The van der Waals surface area contributed by atoms with Gasteiger partial charge in [-0.3, -0.25) is 14.3 Å². The number of amides is 1. The molecule has 3 aromatic rings. The van der Waals surface area contributed by atoms with E-state index < -0.39 is 11.6 Å². The number of aromatic nitrogens is 2. The van der Waals surface area contributed by atoms with E-state index in [1.165, 1.54) is 10.7 Å². The molecule has 0 N–H and O–H groups in total. The highest BCUT2D eigenvalue weighted by Gasteiger charge is 2.30. The van der Waals surface area contributed by atoms with Crippen LogP contribution >= 0.6 is 0 Å². The lowest BCUT2D eigenvalue weighted by atomic mass is 9.88. The van der Waals surface area contributed by atoms with Gasteiger partial charge in [-0.2, -0.15) is 5.10 Å². The number of benzene rings is 2. The Labute approximate surface area is 172 Å². The summed E-state index contributed by atoms with van der Waals surface area (Å²) in [4.78, 5) is 27.5. The van der Waals surface area contributed by atoms with Gasteiger partial charge in [-0.1, -0.05) is 30.3 Å². The van der Waals surface area contributed by atoms with Gasteiger partial charge < -0.3 is 4.90 Å². The summed E-state index contributed by atoms with van der Waals surface area (Å²) in [6.07, 6.45) is 2.68. The molecule has 1 fully saturated rings. The number of carbonyl (C=O) groups is 2. The number of likely N-dealkylation sites (tertiary alicyclic amines) is 1. The zero-order chi connectivity index (χ0) is 21.3. The Morgan fingerprint density at radius 3 is 2.40 bits per heavy atom. The van der Waals surface area contributed by atoms with Crippen LogP contribution in [0.4, 0.5) is 8.78 Å². The Bertz CT molecular complexity index is 1090. The number of hydrogen-bond acceptors (Lipinski definition) is 3. The number of hydrogen-bond donors (Lipinski definition) is 0. The second kappa shape index (κ2) is 8.18. The molecule has 0 bridgehead atoms. The number of nitrogens with zero attached hydrogens (tertiary/aromatic N) is 3. The number of halogens is 2. The minimum absolute atomic E-state index is 0.0782. The molecular formula is C23H21F2N3O2. The second-order valence-corrected chi connectivity index (χ2v) is 7.49. The van der Waals surface area contributed by atoms with Gasteiger partial charge in [-0.05, 0) is 25.0 Å². The highest BCUT2D eigenvalue weighted by atomic mass is 19.1. The Kier molecular flexibility index (Phi) is 5.44. The van der Waals surface area contributed by atoms with Gasteiger partial charge >= 0.3 is 0 Å². The van der Waals surface area contributed by atoms with Crippen LogP contribution in [0.1, 0.15) is 33.6 Å². The number of piperidine rings is 1. The molecule has 0 saturated carbocycles. The maximum atomic E-state index is 14.3. The third-order valence-corrected chi connectivity index (χ3v) is 5.46. The van der Waals surface area contributed by atoms with Gasteiger partial charge in [0.15, 0.2) is 5.78 Å². The highest BCUT2D eigenvalue weighted by Crippen LogP contribution is 2.28. The van der Waals surface area contributed by atoms with E-state index in [2.05, 4.69) is 5.10 Å². The summed E-state index contributed by atoms with van der Waals surface area (Å²) in [5.74, 6) is -1.76. The van der Waals surface area contributed by atoms with Crippen molar-refractivity contribution < 1.29 is 18.4 Å². The van der Waals surface area contributed by atoms with Gasteiger partial charge in [-0.15, -0.1) is 0 Å². The average molecular weight is 409 g/mol. The fourth-order valence-electron chi connectivity index (χ4n) is 3.88. The summed E-state index contributed by atoms with van der Waals surface area (Å²) in [6, 6.07) is 12.4. The molecule has 2 aromatic carbocycles. The first-order chi connectivity index (χ1) is 14.4. The number of rotatable bonds is 4. The van der Waals surface area contributed by atoms with Crippen LogP contribution in [0.2, 0.25) is 0 Å². The lowest BCUT2D eigenvalue weighted by Gasteiger charge is -2.31. The first-order valence-electron chi connectivity index (χ1n) is 9.81. The summed E-state index contributed by atoms with van der Waals surface area (Å²) >= 11 is 0. The molecule has 154 valence electrons. The van der Waals surface area contributed by atoms with Gasteiger partial charge in [0.05, 0.1) is 5.56 Å². The Hall–Kier alpha value is -3.35. The van der Waals surface area contributed by atoms with Crippen molar-refractivity contribution in [2.24, 2.45) is 13.0 Å². The van der Waals surface area contributed by atoms with Crippen molar-refractivity contribution in [3.05, 3.63) is 77.5 Å². The molecule has 0 aliphatic carbocycles. The monoisotopic (exact) mass is 409 g/mol. The predicted molar refractivity (Wildman–Crippen MR) is 108 cm³/mol. The molecule has 1 aliphatic heterocycles. The zero-order valence-electron chi connectivity index (χ0n) is 16.5. The van der Waals surface area contributed by atoms with Crippen LogP contribution in [0.25, 0.3) is 11.3 Å². The molecule has 7 heteroatoms. The summed E-state index contributed by atoms with van der Waals surface area (Å²) in [7, 11) is 1.65. The number of aryl methyl sites for hydroxylation is 1. The predicted octanol–water partition coefficient (Wildman–Crippen LogP) is 4.10. The van der Waals surface area contributed by atoms with E-state index >= 15 is 0 Å². The standard InChI is InChI=1S/C23H21F2N3O2/c1-27-14-19(21(26-27)18-8-7-17(24)13-20(18)25)23(30)28-11-9-16(10-12-28)22(29)15-5-3-2-4-6-15/h2-8,13-14,16H,9-12H2,1H3. The molecule has 5 nitrogen and oxygen atoms in total. The molecule has 1 amide bonds. The molecule has 0 unspecified atom stereocenters. The molecule has 0 radical (unpaired) electrons. The third kappa shape index (κ3) is 3.87. The maximum Gasteiger partial charge on any atom is 0.257 e. The fraction of sp³-hybridized carbons (Fsp3) is 0.261. The van der Waals surface area contributed by atoms with Crippen molar-refractivity contribution in [1.82, 2.24) is 14.7 Å². The highest BCUT2D eigenvalue weighted by molar-refractivity contribution is 6.00. The fourth-order valence-corrected chi connectivity index (χ4v) is 3.88. The number of ketones is 1. The molecule has 0 atom stereocenters. The van der Waals surface area contributed by atoms with E-state index in [-0.39, 0.29) is 34.4 Å². The van der Waals surface area contributed by atoms with Gasteiger partial charge in [0, 0.05) is 49.4 Å². The van der Waals surface area contributed by atoms with Crippen molar-refractivity contribution >= 4 is 11.7 Å². The second-order valence-electron chi connectivity index (χ2n) is 7.49. The van der Waals surface area contributed by atoms with Gasteiger partial charge in [0.25, 0.3) is 5.91 Å². The maximum absolute atomic E-state index is 14.3. The summed E-state index contributed by atoms with van der Waals surface area (Å²) in [6.45, 7) is 0.866. The molecule has 0 spiro atoms. The van der Waals surface area contributed by atoms with Crippen LogP contribution in [0.3, 0.4) is 0 Å². The summed E-state index contributed by atoms with van der Waals surface area (Å²) in [5, 5.41) is 4.22. The van der Waals surface area contributed by atoms with Crippen LogP contribution < -0.4 is 0 Å². The summed E-state index contributed by atoms with van der Waals surface area (Å²) < 4.78 is 29.0. The van der Waals surface area contributed by atoms with E-state index in [1.807, 2.05) is 18.2 Å². The van der Waals surface area contributed by atoms with E-state index in [9.17, 15) is 18.4 Å². The summed E-state index contributed by atoms with van der Waals surface area (Å²) in [5.41, 5.74) is 1.21. The lowest BCUT2D eigenvalue weighted by Crippen LogP contribution is -2.40. The normalized spacial score (nSPS) is 14.7. The van der Waals surface area contributed by atoms with Crippen LogP contribution in [0, 0.1) is 17.6 Å². The number of Topliss-reactive ketones (excluding diaryl/α,β-unsaturated/α-hetero) is 1. The Morgan fingerprint density at radius 2 is 1.73 bits per heavy atom. The van der Waals surface area contributed by atoms with E-state index in [4.69, 9.17) is 0 Å². The molecule has 1 aliphatic rings. The molecule has 30 heavy (non-hydrogen) atoms. The van der Waals surface area contributed by atoms with Crippen molar-refractivity contribution in [2.45, 2.75) is 12.8 Å². The van der Waals surface area contributed by atoms with Crippen molar-refractivity contribution in [1.29, 1.82) is 0 Å². The molecule has 1 aromatic heterocycles. The van der Waals surface area contributed by atoms with E-state index in [1.54, 1.807) is 30.3 Å². The topological polar surface area (TPSA) is 55.2 Å². The van der Waals surface area contributed by atoms with Crippen molar-refractivity contribution in [3.63, 3.8) is 0 Å². The van der Waals surface area contributed by atoms with Gasteiger partial charge in [-0.25, -0.2) is 8.78 Å². The average Bonchev–Trinajstić information content (AvgIpc) is 3.14. The quantitative estimate of drug-likeness (QED) is 0.610. The Morgan fingerprint density at radius 1 is 1.03 bits per heavy atom. The lowest BCUT2D eigenvalue weighted by molar-refractivity contribution is 0.0651. The zero-order valence-corrected chi connectivity index (χ0v) is 16.5. The number of carbonyl (C=O) groups excluding carboxylic acids is 2. The smallest absolute Gasteiger partial charge is 0.257 e.